The molecule has 20 heavy (non-hydrogen) atoms. The lowest BCUT2D eigenvalue weighted by Crippen LogP contribution is -2.38. The molecule has 0 spiro atoms. The van der Waals surface area contributed by atoms with E-state index in [4.69, 9.17) is 4.74 Å². The molecule has 0 bridgehead atoms. The number of ether oxygens (including phenoxy) is 1. The van der Waals surface area contributed by atoms with Crippen molar-refractivity contribution in [3.63, 3.8) is 0 Å². The summed E-state index contributed by atoms with van der Waals surface area (Å²) in [5.74, 6) is -1.15. The predicted octanol–water partition coefficient (Wildman–Crippen LogP) is 1.67. The molecule has 0 aromatic heterocycles. The smallest absolute Gasteiger partial charge is 0.217 e. The average Bonchev–Trinajstić information content (AvgIpc) is 2.36. The van der Waals surface area contributed by atoms with E-state index >= 15 is 0 Å². The van der Waals surface area contributed by atoms with E-state index in [-0.39, 0.29) is 17.5 Å². The second kappa shape index (κ2) is 6.84. The normalized spacial score (nSPS) is 11.8. The van der Waals surface area contributed by atoms with E-state index in [2.05, 4.69) is 5.32 Å². The van der Waals surface area contributed by atoms with Gasteiger partial charge in [-0.25, -0.2) is 0 Å². The fraction of sp³-hybridized carbons (Fsp3) is 0.400. The third-order valence-corrected chi connectivity index (χ3v) is 3.02. The topological polar surface area (TPSA) is 72.5 Å². The van der Waals surface area contributed by atoms with Gasteiger partial charge in [0.15, 0.2) is 0 Å². The first-order valence-electron chi connectivity index (χ1n) is 6.28. The summed E-state index contributed by atoms with van der Waals surface area (Å²) in [6.45, 7) is 4.05. The summed E-state index contributed by atoms with van der Waals surface area (Å²) in [6, 6.07) is 6.28. The molecule has 0 heterocycles. The molecular weight excluding hydrogens is 258 g/mol. The largest absolute Gasteiger partial charge is 0.497 e. The molecule has 0 aliphatic carbocycles. The van der Waals surface area contributed by atoms with Crippen LogP contribution in [0.5, 0.6) is 5.75 Å². The molecule has 1 unspecified atom stereocenters. The van der Waals surface area contributed by atoms with Gasteiger partial charge in [-0.05, 0) is 31.5 Å². The Kier molecular flexibility index (Phi) is 5.43. The van der Waals surface area contributed by atoms with Gasteiger partial charge in [-0.15, -0.1) is 0 Å². The highest BCUT2D eigenvalue weighted by atomic mass is 16.5. The highest BCUT2D eigenvalue weighted by Crippen LogP contribution is 2.27. The molecule has 0 radical (unpaired) electrons. The van der Waals surface area contributed by atoms with Crippen molar-refractivity contribution in [3.05, 3.63) is 29.8 Å². The van der Waals surface area contributed by atoms with Gasteiger partial charge >= 0.3 is 0 Å². The first kappa shape index (κ1) is 15.9. The first-order valence-corrected chi connectivity index (χ1v) is 6.28. The van der Waals surface area contributed by atoms with E-state index < -0.39 is 12.0 Å². The van der Waals surface area contributed by atoms with Gasteiger partial charge in [-0.3, -0.25) is 14.4 Å². The highest BCUT2D eigenvalue weighted by molar-refractivity contribution is 6.01. The Morgan fingerprint density at radius 1 is 1.10 bits per heavy atom. The summed E-state index contributed by atoms with van der Waals surface area (Å²) < 4.78 is 5.13. The van der Waals surface area contributed by atoms with Crippen LogP contribution in [0.3, 0.4) is 0 Å². The minimum Gasteiger partial charge on any atom is -0.497 e. The molecule has 1 atom stereocenters. The minimum absolute atomic E-state index is 0.279. The number of ketones is 2. The molecule has 0 aliphatic heterocycles. The summed E-state index contributed by atoms with van der Waals surface area (Å²) in [5, 5.41) is 2.67. The van der Waals surface area contributed by atoms with Crippen molar-refractivity contribution in [3.8, 4) is 5.75 Å². The van der Waals surface area contributed by atoms with Gasteiger partial charge in [0.2, 0.25) is 5.91 Å². The summed E-state index contributed by atoms with van der Waals surface area (Å²) in [6.07, 6.45) is 0. The zero-order valence-corrected chi connectivity index (χ0v) is 12.1. The van der Waals surface area contributed by atoms with E-state index in [0.29, 0.717) is 11.3 Å². The van der Waals surface area contributed by atoms with Crippen LogP contribution < -0.4 is 10.1 Å². The van der Waals surface area contributed by atoms with Crippen LogP contribution in [-0.4, -0.2) is 24.6 Å². The molecule has 108 valence electrons. The number of carbonyl (C=O) groups is 3. The number of Topliss-reactive ketones (excluding diaryl/α,β-unsaturated/α-hetero) is 2. The predicted molar refractivity (Wildman–Crippen MR) is 74.4 cm³/mol. The maximum atomic E-state index is 11.7. The van der Waals surface area contributed by atoms with Gasteiger partial charge in [0, 0.05) is 6.92 Å². The molecule has 1 N–H and O–H groups in total. The molecule has 1 aromatic rings. The highest BCUT2D eigenvalue weighted by Gasteiger charge is 2.31. The summed E-state index contributed by atoms with van der Waals surface area (Å²) >= 11 is 0. The van der Waals surface area contributed by atoms with E-state index in [1.165, 1.54) is 27.9 Å². The van der Waals surface area contributed by atoms with E-state index in [9.17, 15) is 14.4 Å². The second-order valence-corrected chi connectivity index (χ2v) is 4.65. The summed E-state index contributed by atoms with van der Waals surface area (Å²) in [7, 11) is 1.53. The average molecular weight is 277 g/mol. The van der Waals surface area contributed by atoms with Crippen LogP contribution in [0.1, 0.15) is 32.4 Å². The molecule has 0 aliphatic rings. The lowest BCUT2D eigenvalue weighted by atomic mass is 9.87. The summed E-state index contributed by atoms with van der Waals surface area (Å²) in [5.41, 5.74) is 0.662. The molecule has 1 amide bonds. The fourth-order valence-corrected chi connectivity index (χ4v) is 2.17. The molecule has 5 heteroatoms. The number of hydrogen-bond donors (Lipinski definition) is 1. The Morgan fingerprint density at radius 3 is 2.15 bits per heavy atom. The van der Waals surface area contributed by atoms with Gasteiger partial charge in [-0.1, -0.05) is 12.1 Å². The third kappa shape index (κ3) is 3.91. The van der Waals surface area contributed by atoms with Crippen LogP contribution in [0.4, 0.5) is 0 Å². The lowest BCUT2D eigenvalue weighted by Gasteiger charge is -2.24. The maximum absolute atomic E-state index is 11.7. The Morgan fingerprint density at radius 2 is 1.70 bits per heavy atom. The molecule has 0 fully saturated rings. The molecule has 1 aromatic carbocycles. The number of benzene rings is 1. The van der Waals surface area contributed by atoms with Crippen molar-refractivity contribution >= 4 is 17.5 Å². The number of hydrogen-bond acceptors (Lipinski definition) is 4. The van der Waals surface area contributed by atoms with Crippen LogP contribution in [0, 0.1) is 5.92 Å². The molecular formula is C15H19NO4. The SMILES string of the molecule is COc1cccc(C(NC(C)=O)C(C(C)=O)C(C)=O)c1. The van der Waals surface area contributed by atoms with Crippen molar-refractivity contribution in [2.75, 3.05) is 7.11 Å². The summed E-state index contributed by atoms with van der Waals surface area (Å²) in [4.78, 5) is 34.8. The van der Waals surface area contributed by atoms with Gasteiger partial charge in [0.25, 0.3) is 0 Å². The number of rotatable bonds is 6. The van der Waals surface area contributed by atoms with Crippen LogP contribution in [0.15, 0.2) is 24.3 Å². The Hall–Kier alpha value is -2.17. The van der Waals surface area contributed by atoms with Gasteiger partial charge < -0.3 is 10.1 Å². The zero-order chi connectivity index (χ0) is 15.3. The molecule has 0 saturated carbocycles. The second-order valence-electron chi connectivity index (χ2n) is 4.65. The van der Waals surface area contributed by atoms with Crippen LogP contribution in [0.25, 0.3) is 0 Å². The lowest BCUT2D eigenvalue weighted by molar-refractivity contribution is -0.132. The van der Waals surface area contributed by atoms with E-state index in [0.717, 1.165) is 0 Å². The number of methoxy groups -OCH3 is 1. The third-order valence-electron chi connectivity index (χ3n) is 3.02. The van der Waals surface area contributed by atoms with Crippen molar-refractivity contribution in [2.24, 2.45) is 5.92 Å². The number of nitrogens with one attached hydrogen (secondary N) is 1. The fourth-order valence-electron chi connectivity index (χ4n) is 2.17. The zero-order valence-electron chi connectivity index (χ0n) is 12.1. The van der Waals surface area contributed by atoms with Crippen LogP contribution >= 0.6 is 0 Å². The van der Waals surface area contributed by atoms with Gasteiger partial charge in [-0.2, -0.15) is 0 Å². The monoisotopic (exact) mass is 277 g/mol. The maximum Gasteiger partial charge on any atom is 0.217 e. The molecule has 1 rings (SSSR count). The van der Waals surface area contributed by atoms with Crippen molar-refractivity contribution in [1.82, 2.24) is 5.32 Å². The Bertz CT molecular complexity index is 510. The van der Waals surface area contributed by atoms with Crippen molar-refractivity contribution < 1.29 is 19.1 Å². The number of amides is 1. The molecule has 5 nitrogen and oxygen atoms in total. The van der Waals surface area contributed by atoms with Gasteiger partial charge in [0.1, 0.15) is 23.2 Å². The van der Waals surface area contributed by atoms with Gasteiger partial charge in [0.05, 0.1) is 13.2 Å². The Balaban J connectivity index is 3.25. The van der Waals surface area contributed by atoms with Crippen LogP contribution in [0.2, 0.25) is 0 Å². The first-order chi connectivity index (χ1) is 9.36. The number of carbonyl (C=O) groups excluding carboxylic acids is 3. The van der Waals surface area contributed by atoms with Crippen molar-refractivity contribution in [2.45, 2.75) is 26.8 Å². The van der Waals surface area contributed by atoms with E-state index in [1.807, 2.05) is 0 Å². The van der Waals surface area contributed by atoms with E-state index in [1.54, 1.807) is 24.3 Å². The van der Waals surface area contributed by atoms with Crippen molar-refractivity contribution in [1.29, 1.82) is 0 Å². The standard InChI is InChI=1S/C15H19NO4/c1-9(17)14(10(2)18)15(16-11(3)19)12-6-5-7-13(8-12)20-4/h5-8,14-15H,1-4H3,(H,16,19). The molecule has 0 saturated heterocycles. The Labute approximate surface area is 118 Å². The quantitative estimate of drug-likeness (QED) is 0.803. The minimum atomic E-state index is -0.897. The van der Waals surface area contributed by atoms with Crippen LogP contribution in [-0.2, 0) is 14.4 Å².